The first-order valence-corrected chi connectivity index (χ1v) is 8.21. The van der Waals surface area contributed by atoms with Gasteiger partial charge in [0.25, 0.3) is 0 Å². The molecule has 1 N–H and O–H groups in total. The molecule has 0 atom stereocenters. The van der Waals surface area contributed by atoms with Crippen LogP contribution in [-0.4, -0.2) is 19.8 Å². The zero-order chi connectivity index (χ0) is 16.7. The lowest BCUT2D eigenvalue weighted by molar-refractivity contribution is 0.271. The summed E-state index contributed by atoms with van der Waals surface area (Å²) in [5, 5.41) is 3.36. The molecule has 124 valence electrons. The van der Waals surface area contributed by atoms with Gasteiger partial charge in [0.15, 0.2) is 0 Å². The lowest BCUT2D eigenvalue weighted by Crippen LogP contribution is -2.11. The van der Waals surface area contributed by atoms with E-state index in [0.717, 1.165) is 30.3 Å². The average Bonchev–Trinajstić information content (AvgIpc) is 2.50. The van der Waals surface area contributed by atoms with Gasteiger partial charge in [-0.25, -0.2) is 0 Å². The number of rotatable bonds is 8. The largest absolute Gasteiger partial charge is 0.493 e. The maximum absolute atomic E-state index is 5.79. The highest BCUT2D eigenvalue weighted by molar-refractivity contribution is 5.46. The van der Waals surface area contributed by atoms with Gasteiger partial charge in [-0.15, -0.1) is 0 Å². The van der Waals surface area contributed by atoms with Gasteiger partial charge >= 0.3 is 0 Å². The highest BCUT2D eigenvalue weighted by Gasteiger charge is 1.99. The molecular weight excluding hydrogens is 286 g/mol. The van der Waals surface area contributed by atoms with Crippen LogP contribution in [0.2, 0.25) is 0 Å². The number of benzene rings is 2. The second kappa shape index (κ2) is 8.47. The first-order chi connectivity index (χ1) is 11.0. The van der Waals surface area contributed by atoms with Crippen LogP contribution in [0.25, 0.3) is 0 Å². The summed E-state index contributed by atoms with van der Waals surface area (Å²) in [5.74, 6) is 2.38. The summed E-state index contributed by atoms with van der Waals surface area (Å²) in [6.45, 7) is 10.6. The monoisotopic (exact) mass is 313 g/mol. The molecule has 2 aromatic carbocycles. The molecule has 0 unspecified atom stereocenters. The molecule has 3 heteroatoms. The van der Waals surface area contributed by atoms with E-state index in [4.69, 9.17) is 9.47 Å². The van der Waals surface area contributed by atoms with Gasteiger partial charge in [0.05, 0.1) is 6.61 Å². The Bertz CT molecular complexity index is 585. The number of hydrogen-bond donors (Lipinski definition) is 1. The van der Waals surface area contributed by atoms with Crippen LogP contribution >= 0.6 is 0 Å². The quantitative estimate of drug-likeness (QED) is 0.708. The Morgan fingerprint density at radius 2 is 1.52 bits per heavy atom. The summed E-state index contributed by atoms with van der Waals surface area (Å²) in [4.78, 5) is 0. The third-order valence-corrected chi connectivity index (χ3v) is 3.33. The summed E-state index contributed by atoms with van der Waals surface area (Å²) in [6, 6.07) is 14.3. The number of nitrogens with one attached hydrogen (secondary N) is 1. The Morgan fingerprint density at radius 3 is 2.13 bits per heavy atom. The Balaban J connectivity index is 1.73. The van der Waals surface area contributed by atoms with E-state index in [1.807, 2.05) is 24.3 Å². The SMILES string of the molecule is Cc1cc(C)cc(OCCNc2ccc(OCC(C)C)cc2)c1. The molecule has 2 rings (SSSR count). The second-order valence-electron chi connectivity index (χ2n) is 6.33. The normalized spacial score (nSPS) is 10.7. The summed E-state index contributed by atoms with van der Waals surface area (Å²) >= 11 is 0. The van der Waals surface area contributed by atoms with Crippen molar-refractivity contribution in [3.05, 3.63) is 53.6 Å². The summed E-state index contributed by atoms with van der Waals surface area (Å²) in [5.41, 5.74) is 3.53. The predicted molar refractivity (Wildman–Crippen MR) is 96.7 cm³/mol. The van der Waals surface area contributed by atoms with E-state index >= 15 is 0 Å². The fourth-order valence-corrected chi connectivity index (χ4v) is 2.31. The van der Waals surface area contributed by atoms with Crippen molar-refractivity contribution < 1.29 is 9.47 Å². The number of aryl methyl sites for hydroxylation is 2. The molecule has 3 nitrogen and oxygen atoms in total. The van der Waals surface area contributed by atoms with E-state index in [-0.39, 0.29) is 0 Å². The summed E-state index contributed by atoms with van der Waals surface area (Å²) < 4.78 is 11.5. The smallest absolute Gasteiger partial charge is 0.119 e. The van der Waals surface area contributed by atoms with Gasteiger partial charge in [0.2, 0.25) is 0 Å². The van der Waals surface area contributed by atoms with E-state index in [1.165, 1.54) is 11.1 Å². The van der Waals surface area contributed by atoms with Crippen LogP contribution in [0.5, 0.6) is 11.5 Å². The van der Waals surface area contributed by atoms with Gasteiger partial charge in [-0.2, -0.15) is 0 Å². The van der Waals surface area contributed by atoms with E-state index < -0.39 is 0 Å². The zero-order valence-electron chi connectivity index (χ0n) is 14.6. The van der Waals surface area contributed by atoms with E-state index in [2.05, 4.69) is 51.2 Å². The van der Waals surface area contributed by atoms with E-state index in [1.54, 1.807) is 0 Å². The third-order valence-electron chi connectivity index (χ3n) is 3.33. The maximum atomic E-state index is 5.79. The van der Waals surface area contributed by atoms with Crippen LogP contribution in [-0.2, 0) is 0 Å². The number of ether oxygens (including phenoxy) is 2. The lowest BCUT2D eigenvalue weighted by atomic mass is 10.1. The van der Waals surface area contributed by atoms with Crippen LogP contribution in [0.3, 0.4) is 0 Å². The zero-order valence-corrected chi connectivity index (χ0v) is 14.6. The highest BCUT2D eigenvalue weighted by atomic mass is 16.5. The van der Waals surface area contributed by atoms with Crippen molar-refractivity contribution in [3.63, 3.8) is 0 Å². The topological polar surface area (TPSA) is 30.5 Å². The molecule has 0 saturated heterocycles. The molecule has 0 heterocycles. The molecule has 23 heavy (non-hydrogen) atoms. The molecule has 0 radical (unpaired) electrons. The molecule has 0 bridgehead atoms. The molecular formula is C20H27NO2. The standard InChI is InChI=1S/C20H27NO2/c1-15(2)14-23-19-7-5-18(6-8-19)21-9-10-22-20-12-16(3)11-17(4)13-20/h5-8,11-13,15,21H,9-10,14H2,1-4H3. The average molecular weight is 313 g/mol. The Morgan fingerprint density at radius 1 is 0.870 bits per heavy atom. The van der Waals surface area contributed by atoms with Crippen molar-refractivity contribution in [2.24, 2.45) is 5.92 Å². The van der Waals surface area contributed by atoms with Gasteiger partial charge in [0.1, 0.15) is 18.1 Å². The fraction of sp³-hybridized carbons (Fsp3) is 0.400. The summed E-state index contributed by atoms with van der Waals surface area (Å²) in [6.07, 6.45) is 0. The molecule has 0 aliphatic rings. The molecule has 0 aromatic heterocycles. The van der Waals surface area contributed by atoms with Crippen molar-refractivity contribution in [1.29, 1.82) is 0 Å². The van der Waals surface area contributed by atoms with Gasteiger partial charge in [-0.1, -0.05) is 19.9 Å². The van der Waals surface area contributed by atoms with Crippen molar-refractivity contribution in [2.75, 3.05) is 25.1 Å². The first kappa shape index (κ1) is 17.2. The van der Waals surface area contributed by atoms with Crippen LogP contribution in [0.15, 0.2) is 42.5 Å². The van der Waals surface area contributed by atoms with Crippen LogP contribution in [0.1, 0.15) is 25.0 Å². The van der Waals surface area contributed by atoms with Gasteiger partial charge in [-0.05, 0) is 67.3 Å². The van der Waals surface area contributed by atoms with E-state index in [9.17, 15) is 0 Å². The molecule has 0 fully saturated rings. The minimum absolute atomic E-state index is 0.537. The lowest BCUT2D eigenvalue weighted by Gasteiger charge is -2.11. The van der Waals surface area contributed by atoms with Gasteiger partial charge < -0.3 is 14.8 Å². The third kappa shape index (κ3) is 6.23. The Hall–Kier alpha value is -2.16. The number of hydrogen-bond acceptors (Lipinski definition) is 3. The van der Waals surface area contributed by atoms with Gasteiger partial charge in [-0.3, -0.25) is 0 Å². The fourth-order valence-electron chi connectivity index (χ4n) is 2.31. The van der Waals surface area contributed by atoms with Crippen LogP contribution in [0.4, 0.5) is 5.69 Å². The molecule has 0 aliphatic carbocycles. The highest BCUT2D eigenvalue weighted by Crippen LogP contribution is 2.17. The van der Waals surface area contributed by atoms with Crippen molar-refractivity contribution in [1.82, 2.24) is 0 Å². The molecule has 0 spiro atoms. The van der Waals surface area contributed by atoms with Crippen molar-refractivity contribution in [3.8, 4) is 11.5 Å². The molecule has 0 amide bonds. The second-order valence-corrected chi connectivity index (χ2v) is 6.33. The van der Waals surface area contributed by atoms with Gasteiger partial charge in [0, 0.05) is 12.2 Å². The van der Waals surface area contributed by atoms with Crippen LogP contribution < -0.4 is 14.8 Å². The van der Waals surface area contributed by atoms with Crippen molar-refractivity contribution in [2.45, 2.75) is 27.7 Å². The first-order valence-electron chi connectivity index (χ1n) is 8.21. The maximum Gasteiger partial charge on any atom is 0.119 e. The Kier molecular flexibility index (Phi) is 6.33. The molecule has 0 aliphatic heterocycles. The minimum Gasteiger partial charge on any atom is -0.493 e. The minimum atomic E-state index is 0.537. The van der Waals surface area contributed by atoms with E-state index in [0.29, 0.717) is 12.5 Å². The summed E-state index contributed by atoms with van der Waals surface area (Å²) in [7, 11) is 0. The molecule has 0 saturated carbocycles. The molecule has 2 aromatic rings. The Labute approximate surface area is 139 Å². The predicted octanol–water partition coefficient (Wildman–Crippen LogP) is 4.83. The van der Waals surface area contributed by atoms with Crippen molar-refractivity contribution >= 4 is 5.69 Å². The number of anilines is 1. The van der Waals surface area contributed by atoms with Crippen LogP contribution in [0, 0.1) is 19.8 Å².